The van der Waals surface area contributed by atoms with Gasteiger partial charge in [-0.25, -0.2) is 0 Å². The number of carbonyl (C=O) groups excluding carboxylic acids is 1. The molecule has 0 bridgehead atoms. The first kappa shape index (κ1) is 13.4. The van der Waals surface area contributed by atoms with Crippen molar-refractivity contribution in [2.75, 3.05) is 23.7 Å². The fraction of sp³-hybridized carbons (Fsp3) is 0.643. The van der Waals surface area contributed by atoms with Gasteiger partial charge in [0, 0.05) is 19.0 Å². The van der Waals surface area contributed by atoms with Gasteiger partial charge in [-0.15, -0.1) is 11.3 Å². The fourth-order valence-electron chi connectivity index (χ4n) is 2.31. The molecule has 2 N–H and O–H groups in total. The molecule has 0 amide bonds. The van der Waals surface area contributed by atoms with E-state index in [-0.39, 0.29) is 11.7 Å². The van der Waals surface area contributed by atoms with Crippen LogP contribution in [0.15, 0.2) is 6.07 Å². The number of hydrogen-bond donors (Lipinski definition) is 1. The summed E-state index contributed by atoms with van der Waals surface area (Å²) in [6.07, 6.45) is 0. The van der Waals surface area contributed by atoms with Gasteiger partial charge in [-0.2, -0.15) is 0 Å². The van der Waals surface area contributed by atoms with Crippen LogP contribution in [0.1, 0.15) is 37.4 Å². The third-order valence-corrected chi connectivity index (χ3v) is 5.02. The molecule has 1 aromatic rings. The molecule has 2 rings (SSSR count). The minimum atomic E-state index is 0.00947. The van der Waals surface area contributed by atoms with Crippen LogP contribution in [0.4, 0.5) is 10.7 Å². The number of nitrogens with zero attached hydrogens (tertiary/aromatic N) is 1. The van der Waals surface area contributed by atoms with E-state index in [9.17, 15) is 4.79 Å². The largest absolute Gasteiger partial charge is 0.397 e. The van der Waals surface area contributed by atoms with Crippen LogP contribution in [0, 0.1) is 17.8 Å². The highest BCUT2D eigenvalue weighted by Crippen LogP contribution is 2.37. The van der Waals surface area contributed by atoms with E-state index in [0.717, 1.165) is 23.0 Å². The van der Waals surface area contributed by atoms with Crippen molar-refractivity contribution < 1.29 is 4.79 Å². The van der Waals surface area contributed by atoms with Crippen LogP contribution < -0.4 is 10.6 Å². The van der Waals surface area contributed by atoms with Gasteiger partial charge in [-0.05, 0) is 17.9 Å². The van der Waals surface area contributed by atoms with Crippen molar-refractivity contribution in [3.05, 3.63) is 10.9 Å². The minimum absolute atomic E-state index is 0.00947. The lowest BCUT2D eigenvalue weighted by Gasteiger charge is -2.15. The van der Waals surface area contributed by atoms with Gasteiger partial charge in [0.15, 0.2) is 5.78 Å². The second-order valence-corrected chi connectivity index (χ2v) is 6.78. The second kappa shape index (κ2) is 4.92. The Balaban J connectivity index is 2.22. The minimum Gasteiger partial charge on any atom is -0.397 e. The van der Waals surface area contributed by atoms with E-state index in [1.807, 2.05) is 19.9 Å². The average molecular weight is 266 g/mol. The molecule has 1 saturated heterocycles. The number of nitrogen functional groups attached to an aromatic ring is 1. The third-order valence-electron chi connectivity index (χ3n) is 3.80. The standard InChI is InChI=1S/C14H22N2OS/c1-8(2)13(17)14-11(15)5-12(18-14)16-6-9(3)10(4)7-16/h5,8-10H,6-7,15H2,1-4H3. The van der Waals surface area contributed by atoms with Crippen LogP contribution in [0.5, 0.6) is 0 Å². The highest BCUT2D eigenvalue weighted by Gasteiger charge is 2.28. The van der Waals surface area contributed by atoms with Crippen LogP contribution in [-0.4, -0.2) is 18.9 Å². The number of thiophene rings is 1. The number of hydrogen-bond acceptors (Lipinski definition) is 4. The first-order valence-corrected chi connectivity index (χ1v) is 7.40. The summed E-state index contributed by atoms with van der Waals surface area (Å²) in [4.78, 5) is 15.1. The van der Waals surface area contributed by atoms with E-state index in [4.69, 9.17) is 5.73 Å². The second-order valence-electron chi connectivity index (χ2n) is 5.75. The van der Waals surface area contributed by atoms with E-state index in [0.29, 0.717) is 17.5 Å². The molecule has 0 aliphatic carbocycles. The summed E-state index contributed by atoms with van der Waals surface area (Å²) < 4.78 is 0. The smallest absolute Gasteiger partial charge is 0.177 e. The highest BCUT2D eigenvalue weighted by molar-refractivity contribution is 7.18. The number of Topliss-reactive ketones (excluding diaryl/α,β-unsaturated/α-hetero) is 1. The molecule has 0 saturated carbocycles. The maximum atomic E-state index is 12.0. The van der Waals surface area contributed by atoms with Crippen LogP contribution in [0.3, 0.4) is 0 Å². The van der Waals surface area contributed by atoms with Gasteiger partial charge in [0.05, 0.1) is 15.6 Å². The quantitative estimate of drug-likeness (QED) is 0.854. The van der Waals surface area contributed by atoms with Crippen molar-refractivity contribution in [3.8, 4) is 0 Å². The molecule has 2 atom stereocenters. The lowest BCUT2D eigenvalue weighted by molar-refractivity contribution is 0.0944. The van der Waals surface area contributed by atoms with Crippen LogP contribution in [-0.2, 0) is 0 Å². The molecule has 0 aromatic carbocycles. The molecular formula is C14H22N2OS. The molecule has 1 aromatic heterocycles. The Bertz CT molecular complexity index is 443. The molecule has 3 nitrogen and oxygen atoms in total. The molecule has 1 fully saturated rings. The highest BCUT2D eigenvalue weighted by atomic mass is 32.1. The number of rotatable bonds is 3. The molecule has 100 valence electrons. The Hall–Kier alpha value is -1.03. The summed E-state index contributed by atoms with van der Waals surface area (Å²) in [6, 6.07) is 1.96. The summed E-state index contributed by atoms with van der Waals surface area (Å²) in [5, 5.41) is 1.15. The van der Waals surface area contributed by atoms with Crippen molar-refractivity contribution in [3.63, 3.8) is 0 Å². The number of anilines is 2. The predicted octanol–water partition coefficient (Wildman–Crippen LogP) is 3.26. The summed E-state index contributed by atoms with van der Waals surface area (Å²) in [5.41, 5.74) is 6.62. The van der Waals surface area contributed by atoms with Crippen LogP contribution in [0.25, 0.3) is 0 Å². The zero-order valence-electron chi connectivity index (χ0n) is 11.6. The topological polar surface area (TPSA) is 46.3 Å². The molecule has 2 heterocycles. The first-order valence-electron chi connectivity index (χ1n) is 6.58. The normalized spacial score (nSPS) is 23.9. The van der Waals surface area contributed by atoms with Crippen LogP contribution in [0.2, 0.25) is 0 Å². The van der Waals surface area contributed by atoms with Gasteiger partial charge < -0.3 is 10.6 Å². The first-order chi connectivity index (χ1) is 8.40. The Kier molecular flexibility index (Phi) is 3.66. The lowest BCUT2D eigenvalue weighted by atomic mass is 10.0. The van der Waals surface area contributed by atoms with Crippen molar-refractivity contribution >= 4 is 27.8 Å². The van der Waals surface area contributed by atoms with Crippen molar-refractivity contribution in [2.24, 2.45) is 17.8 Å². The molecular weight excluding hydrogens is 244 g/mol. The van der Waals surface area contributed by atoms with E-state index in [2.05, 4.69) is 18.7 Å². The molecule has 18 heavy (non-hydrogen) atoms. The van der Waals surface area contributed by atoms with Crippen LogP contribution >= 0.6 is 11.3 Å². The number of carbonyl (C=O) groups is 1. The van der Waals surface area contributed by atoms with Gasteiger partial charge in [0.1, 0.15) is 0 Å². The van der Waals surface area contributed by atoms with Gasteiger partial charge in [0.25, 0.3) is 0 Å². The molecule has 0 radical (unpaired) electrons. The Morgan fingerprint density at radius 2 is 1.94 bits per heavy atom. The van der Waals surface area contributed by atoms with Crippen molar-refractivity contribution in [2.45, 2.75) is 27.7 Å². The maximum Gasteiger partial charge on any atom is 0.177 e. The number of nitrogens with two attached hydrogens (primary N) is 1. The summed E-state index contributed by atoms with van der Waals surface area (Å²) in [5.74, 6) is 1.58. The van der Waals surface area contributed by atoms with Gasteiger partial charge in [-0.3, -0.25) is 4.79 Å². The fourth-order valence-corrected chi connectivity index (χ4v) is 3.50. The zero-order valence-corrected chi connectivity index (χ0v) is 12.4. The Labute approximate surface area is 113 Å². The van der Waals surface area contributed by atoms with Crippen molar-refractivity contribution in [1.82, 2.24) is 0 Å². The SMILES string of the molecule is CC(C)C(=O)c1sc(N2CC(C)C(C)C2)cc1N. The van der Waals surface area contributed by atoms with Crippen molar-refractivity contribution in [1.29, 1.82) is 0 Å². The molecule has 1 aliphatic heterocycles. The lowest BCUT2D eigenvalue weighted by Crippen LogP contribution is -2.18. The van der Waals surface area contributed by atoms with E-state index >= 15 is 0 Å². The Morgan fingerprint density at radius 1 is 1.39 bits per heavy atom. The van der Waals surface area contributed by atoms with E-state index in [1.165, 1.54) is 0 Å². The maximum absolute atomic E-state index is 12.0. The van der Waals surface area contributed by atoms with Gasteiger partial charge >= 0.3 is 0 Å². The summed E-state index contributed by atoms with van der Waals surface area (Å²) in [6.45, 7) is 10.5. The summed E-state index contributed by atoms with van der Waals surface area (Å²) >= 11 is 1.55. The van der Waals surface area contributed by atoms with Gasteiger partial charge in [0.2, 0.25) is 0 Å². The van der Waals surface area contributed by atoms with Gasteiger partial charge in [-0.1, -0.05) is 27.7 Å². The van der Waals surface area contributed by atoms with E-state index in [1.54, 1.807) is 11.3 Å². The Morgan fingerprint density at radius 3 is 2.44 bits per heavy atom. The predicted molar refractivity (Wildman–Crippen MR) is 78.4 cm³/mol. The average Bonchev–Trinajstić information content (AvgIpc) is 2.82. The number of ketones is 1. The molecule has 4 heteroatoms. The van der Waals surface area contributed by atoms with E-state index < -0.39 is 0 Å². The molecule has 1 aliphatic rings. The third kappa shape index (κ3) is 2.39. The molecule has 2 unspecified atom stereocenters. The zero-order chi connectivity index (χ0) is 13.4. The molecule has 0 spiro atoms. The monoisotopic (exact) mass is 266 g/mol. The summed E-state index contributed by atoms with van der Waals surface area (Å²) in [7, 11) is 0.